The number of benzene rings is 1. The van der Waals surface area contributed by atoms with E-state index >= 15 is 0 Å². The van der Waals surface area contributed by atoms with Crippen LogP contribution in [0, 0.1) is 15.9 Å². The number of hydrogen-bond donors (Lipinski definition) is 1. The monoisotopic (exact) mass is 242 g/mol. The van der Waals surface area contributed by atoms with Gasteiger partial charge in [0.15, 0.2) is 0 Å². The number of nitro groups is 1. The Hall–Kier alpha value is -1.69. The summed E-state index contributed by atoms with van der Waals surface area (Å²) in [7, 11) is 1.58. The van der Waals surface area contributed by atoms with E-state index in [0.29, 0.717) is 13.0 Å². The Morgan fingerprint density at radius 1 is 1.59 bits per heavy atom. The first-order valence-electron chi connectivity index (χ1n) is 5.24. The topological polar surface area (TPSA) is 64.4 Å². The lowest BCUT2D eigenvalue weighted by Gasteiger charge is -2.14. The van der Waals surface area contributed by atoms with Gasteiger partial charge in [0.25, 0.3) is 5.69 Å². The zero-order valence-corrected chi connectivity index (χ0v) is 9.77. The van der Waals surface area contributed by atoms with Crippen molar-refractivity contribution in [1.29, 1.82) is 0 Å². The molecule has 0 saturated heterocycles. The molecule has 17 heavy (non-hydrogen) atoms. The molecule has 0 aliphatic carbocycles. The van der Waals surface area contributed by atoms with Crippen molar-refractivity contribution in [3.63, 3.8) is 0 Å². The van der Waals surface area contributed by atoms with Crippen molar-refractivity contribution in [1.82, 2.24) is 0 Å². The second kappa shape index (κ2) is 6.15. The third kappa shape index (κ3) is 3.99. The Labute approximate surface area is 98.7 Å². The molecule has 0 aromatic heterocycles. The quantitative estimate of drug-likeness (QED) is 0.615. The van der Waals surface area contributed by atoms with E-state index in [9.17, 15) is 14.5 Å². The summed E-state index contributed by atoms with van der Waals surface area (Å²) in [4.78, 5) is 10.2. The van der Waals surface area contributed by atoms with Gasteiger partial charge in [0.2, 0.25) is 0 Å². The maximum absolute atomic E-state index is 13.0. The molecule has 0 heterocycles. The van der Waals surface area contributed by atoms with Crippen LogP contribution in [0.2, 0.25) is 0 Å². The van der Waals surface area contributed by atoms with Crippen molar-refractivity contribution >= 4 is 11.4 Å². The number of nitro benzene ring substituents is 1. The van der Waals surface area contributed by atoms with E-state index < -0.39 is 10.7 Å². The highest BCUT2D eigenvalue weighted by atomic mass is 19.1. The SMILES string of the molecule is COCCC(C)Nc1cc(F)ccc1[N+](=O)[O-]. The first-order valence-corrected chi connectivity index (χ1v) is 5.24. The van der Waals surface area contributed by atoms with Crippen molar-refractivity contribution in [2.24, 2.45) is 0 Å². The lowest BCUT2D eigenvalue weighted by Crippen LogP contribution is -2.18. The molecule has 0 amide bonds. The van der Waals surface area contributed by atoms with Crippen molar-refractivity contribution < 1.29 is 14.1 Å². The van der Waals surface area contributed by atoms with Crippen LogP contribution in [0.25, 0.3) is 0 Å². The van der Waals surface area contributed by atoms with Gasteiger partial charge in [-0.05, 0) is 19.4 Å². The number of hydrogen-bond acceptors (Lipinski definition) is 4. The molecular weight excluding hydrogens is 227 g/mol. The van der Waals surface area contributed by atoms with Crippen molar-refractivity contribution in [2.75, 3.05) is 19.0 Å². The first kappa shape index (κ1) is 13.4. The molecule has 6 heteroatoms. The van der Waals surface area contributed by atoms with Crippen molar-refractivity contribution in [2.45, 2.75) is 19.4 Å². The molecule has 0 fully saturated rings. The minimum Gasteiger partial charge on any atom is -0.385 e. The fourth-order valence-corrected chi connectivity index (χ4v) is 1.42. The molecule has 1 unspecified atom stereocenters. The highest BCUT2D eigenvalue weighted by Crippen LogP contribution is 2.25. The number of halogens is 1. The Kier molecular flexibility index (Phi) is 4.84. The average molecular weight is 242 g/mol. The second-order valence-electron chi connectivity index (χ2n) is 3.75. The van der Waals surface area contributed by atoms with Crippen LogP contribution in [-0.2, 0) is 4.74 Å². The Morgan fingerprint density at radius 3 is 2.88 bits per heavy atom. The third-order valence-electron chi connectivity index (χ3n) is 2.31. The number of methoxy groups -OCH3 is 1. The summed E-state index contributed by atoms with van der Waals surface area (Å²) >= 11 is 0. The van der Waals surface area contributed by atoms with E-state index in [4.69, 9.17) is 4.74 Å². The van der Waals surface area contributed by atoms with Gasteiger partial charge in [-0.15, -0.1) is 0 Å². The van der Waals surface area contributed by atoms with Gasteiger partial charge in [0.1, 0.15) is 11.5 Å². The summed E-state index contributed by atoms with van der Waals surface area (Å²) < 4.78 is 17.9. The molecule has 0 aliphatic heterocycles. The standard InChI is InChI=1S/C11H15FN2O3/c1-8(5-6-17-2)13-10-7-9(12)3-4-11(10)14(15)16/h3-4,7-8,13H,5-6H2,1-2H3. The summed E-state index contributed by atoms with van der Waals surface area (Å²) in [6.07, 6.45) is 0.685. The van der Waals surface area contributed by atoms with E-state index in [0.717, 1.165) is 18.2 Å². The third-order valence-corrected chi connectivity index (χ3v) is 2.31. The lowest BCUT2D eigenvalue weighted by atomic mass is 10.2. The number of rotatable bonds is 6. The lowest BCUT2D eigenvalue weighted by molar-refractivity contribution is -0.384. The molecule has 1 N–H and O–H groups in total. The molecule has 0 saturated carbocycles. The number of nitrogens with one attached hydrogen (secondary N) is 1. The average Bonchev–Trinajstić information content (AvgIpc) is 2.26. The zero-order chi connectivity index (χ0) is 12.8. The molecule has 1 aromatic carbocycles. The largest absolute Gasteiger partial charge is 0.385 e. The van der Waals surface area contributed by atoms with E-state index in [1.165, 1.54) is 0 Å². The van der Waals surface area contributed by atoms with Crippen LogP contribution in [-0.4, -0.2) is 24.7 Å². The van der Waals surface area contributed by atoms with Crippen LogP contribution in [0.1, 0.15) is 13.3 Å². The summed E-state index contributed by atoms with van der Waals surface area (Å²) in [5.74, 6) is -0.503. The maximum atomic E-state index is 13.0. The molecule has 1 aromatic rings. The summed E-state index contributed by atoms with van der Waals surface area (Å²) in [5.41, 5.74) is 0.0641. The minimum atomic E-state index is -0.537. The van der Waals surface area contributed by atoms with Crippen LogP contribution in [0.3, 0.4) is 0 Å². The molecule has 0 aliphatic rings. The van der Waals surface area contributed by atoms with Crippen molar-refractivity contribution in [3.05, 3.63) is 34.1 Å². The second-order valence-corrected chi connectivity index (χ2v) is 3.75. The highest BCUT2D eigenvalue weighted by Gasteiger charge is 2.15. The maximum Gasteiger partial charge on any atom is 0.292 e. The number of nitrogens with zero attached hydrogens (tertiary/aromatic N) is 1. The van der Waals surface area contributed by atoms with Crippen LogP contribution in [0.4, 0.5) is 15.8 Å². The molecule has 0 bridgehead atoms. The van der Waals surface area contributed by atoms with Gasteiger partial charge in [-0.3, -0.25) is 10.1 Å². The van der Waals surface area contributed by atoms with Gasteiger partial charge < -0.3 is 10.1 Å². The van der Waals surface area contributed by atoms with Crippen molar-refractivity contribution in [3.8, 4) is 0 Å². The fourth-order valence-electron chi connectivity index (χ4n) is 1.42. The molecule has 1 rings (SSSR count). The molecule has 1 atom stereocenters. The zero-order valence-electron chi connectivity index (χ0n) is 9.77. The minimum absolute atomic E-state index is 0.0320. The van der Waals surface area contributed by atoms with Gasteiger partial charge in [0, 0.05) is 31.9 Å². The molecule has 0 spiro atoms. The van der Waals surface area contributed by atoms with Crippen LogP contribution in [0.15, 0.2) is 18.2 Å². The summed E-state index contributed by atoms with van der Waals surface area (Å²) in [5, 5.41) is 13.7. The Balaban J connectivity index is 2.81. The molecular formula is C11H15FN2O3. The molecule has 5 nitrogen and oxygen atoms in total. The molecule has 94 valence electrons. The smallest absolute Gasteiger partial charge is 0.292 e. The summed E-state index contributed by atoms with van der Waals surface area (Å²) in [6.45, 7) is 2.39. The Morgan fingerprint density at radius 2 is 2.29 bits per heavy atom. The van der Waals surface area contributed by atoms with E-state index in [-0.39, 0.29) is 17.4 Å². The van der Waals surface area contributed by atoms with Gasteiger partial charge in [-0.2, -0.15) is 0 Å². The first-order chi connectivity index (χ1) is 8.04. The van der Waals surface area contributed by atoms with E-state index in [1.807, 2.05) is 6.92 Å². The van der Waals surface area contributed by atoms with Gasteiger partial charge in [-0.1, -0.05) is 0 Å². The predicted octanol–water partition coefficient (Wildman–Crippen LogP) is 2.57. The fraction of sp³-hybridized carbons (Fsp3) is 0.455. The van der Waals surface area contributed by atoms with Crippen LogP contribution >= 0.6 is 0 Å². The molecule has 0 radical (unpaired) electrons. The van der Waals surface area contributed by atoms with Gasteiger partial charge in [0.05, 0.1) is 4.92 Å². The van der Waals surface area contributed by atoms with E-state index in [2.05, 4.69) is 5.32 Å². The summed E-state index contributed by atoms with van der Waals surface area (Å²) in [6, 6.07) is 3.32. The van der Waals surface area contributed by atoms with Gasteiger partial charge in [-0.25, -0.2) is 4.39 Å². The van der Waals surface area contributed by atoms with Crippen LogP contribution < -0.4 is 5.32 Å². The highest BCUT2D eigenvalue weighted by molar-refractivity contribution is 5.61. The Bertz CT molecular complexity index is 398. The van der Waals surface area contributed by atoms with E-state index in [1.54, 1.807) is 7.11 Å². The normalized spacial score (nSPS) is 12.2. The van der Waals surface area contributed by atoms with Crippen LogP contribution in [0.5, 0.6) is 0 Å². The number of anilines is 1. The number of ether oxygens (including phenoxy) is 1. The predicted molar refractivity (Wildman–Crippen MR) is 62.6 cm³/mol. The van der Waals surface area contributed by atoms with Gasteiger partial charge >= 0.3 is 0 Å².